The lowest BCUT2D eigenvalue weighted by atomic mass is 9.94. The van der Waals surface area contributed by atoms with Gasteiger partial charge < -0.3 is 14.6 Å². The van der Waals surface area contributed by atoms with Crippen molar-refractivity contribution in [3.8, 4) is 17.1 Å². The van der Waals surface area contributed by atoms with Crippen molar-refractivity contribution in [2.75, 3.05) is 12.0 Å². The van der Waals surface area contributed by atoms with Gasteiger partial charge in [-0.25, -0.2) is 9.18 Å². The molecule has 2 amide bonds. The highest BCUT2D eigenvalue weighted by Crippen LogP contribution is 2.39. The Morgan fingerprint density at radius 3 is 2.37 bits per heavy atom. The molecule has 5 rings (SSSR count). The predicted molar refractivity (Wildman–Crippen MR) is 130 cm³/mol. The van der Waals surface area contributed by atoms with E-state index in [2.05, 4.69) is 15.5 Å². The molecule has 1 aliphatic rings. The summed E-state index contributed by atoms with van der Waals surface area (Å²) in [5.41, 5.74) is 3.30. The summed E-state index contributed by atoms with van der Waals surface area (Å²) in [5, 5.41) is 7.71. The summed E-state index contributed by atoms with van der Waals surface area (Å²) in [5.74, 6) is 0.881. The zero-order chi connectivity index (χ0) is 24.5. The number of urea groups is 1. The average Bonchev–Trinajstić information content (AvgIpc) is 3.35. The summed E-state index contributed by atoms with van der Waals surface area (Å²) in [4.78, 5) is 19.4. The SMILES string of the molecule is COc1ccc(C2NC(=O)N(c3ccc(Cl)cc3)C(C)=C2c2nc(-c3ccc(F)cc3)no2)cc1. The van der Waals surface area contributed by atoms with E-state index in [1.807, 2.05) is 31.2 Å². The first-order valence-electron chi connectivity index (χ1n) is 10.8. The predicted octanol–water partition coefficient (Wildman–Crippen LogP) is 6.24. The number of rotatable bonds is 5. The number of halogens is 2. The van der Waals surface area contributed by atoms with Crippen molar-refractivity contribution in [1.29, 1.82) is 0 Å². The largest absolute Gasteiger partial charge is 0.497 e. The molecule has 0 spiro atoms. The van der Waals surface area contributed by atoms with Gasteiger partial charge in [-0.05, 0) is 73.2 Å². The molecule has 2 heterocycles. The molecule has 7 nitrogen and oxygen atoms in total. The standard InChI is InChI=1S/C26H20ClFN4O3/c1-15-22(25-30-24(31-35-25)17-3-9-19(28)10-4-17)23(16-5-13-21(34-2)14-6-16)29-26(33)32(15)20-11-7-18(27)8-12-20/h3-14,23H,1-2H3,(H,29,33). The van der Waals surface area contributed by atoms with Gasteiger partial charge >= 0.3 is 6.03 Å². The van der Waals surface area contributed by atoms with E-state index in [-0.39, 0.29) is 17.7 Å². The molecule has 1 N–H and O–H groups in total. The van der Waals surface area contributed by atoms with Gasteiger partial charge in [-0.1, -0.05) is 28.9 Å². The van der Waals surface area contributed by atoms with Gasteiger partial charge in [0, 0.05) is 16.3 Å². The second kappa shape index (κ2) is 9.23. The minimum absolute atomic E-state index is 0.238. The molecular weight excluding hydrogens is 471 g/mol. The number of methoxy groups -OCH3 is 1. The summed E-state index contributed by atoms with van der Waals surface area (Å²) in [6.45, 7) is 1.82. The average molecular weight is 491 g/mol. The molecule has 0 radical (unpaired) electrons. The second-order valence-electron chi connectivity index (χ2n) is 7.90. The summed E-state index contributed by atoms with van der Waals surface area (Å²) in [7, 11) is 1.59. The summed E-state index contributed by atoms with van der Waals surface area (Å²) in [6.07, 6.45) is 0. The van der Waals surface area contributed by atoms with Crippen LogP contribution in [0.15, 0.2) is 83.0 Å². The maximum Gasteiger partial charge on any atom is 0.326 e. The zero-order valence-corrected chi connectivity index (χ0v) is 19.6. The lowest BCUT2D eigenvalue weighted by Gasteiger charge is -2.35. The van der Waals surface area contributed by atoms with Crippen LogP contribution in [0.1, 0.15) is 24.4 Å². The van der Waals surface area contributed by atoms with Gasteiger partial charge in [0.2, 0.25) is 5.82 Å². The molecule has 1 atom stereocenters. The Kier molecular flexibility index (Phi) is 5.96. The number of nitrogens with zero attached hydrogens (tertiary/aromatic N) is 3. The number of nitrogens with one attached hydrogen (secondary N) is 1. The number of allylic oxidation sites excluding steroid dienone is 1. The number of amides is 2. The van der Waals surface area contributed by atoms with Gasteiger partial charge in [0.15, 0.2) is 0 Å². The molecule has 0 bridgehead atoms. The number of hydrogen-bond acceptors (Lipinski definition) is 5. The molecule has 0 saturated heterocycles. The molecule has 0 fully saturated rings. The highest BCUT2D eigenvalue weighted by atomic mass is 35.5. The van der Waals surface area contributed by atoms with Gasteiger partial charge in [-0.2, -0.15) is 4.98 Å². The highest BCUT2D eigenvalue weighted by Gasteiger charge is 2.36. The summed E-state index contributed by atoms with van der Waals surface area (Å²) < 4.78 is 24.3. The number of benzene rings is 3. The first-order chi connectivity index (χ1) is 16.9. The maximum absolute atomic E-state index is 13.4. The minimum Gasteiger partial charge on any atom is -0.497 e. The molecule has 1 unspecified atom stereocenters. The molecule has 0 saturated carbocycles. The van der Waals surface area contributed by atoms with Gasteiger partial charge in [0.25, 0.3) is 5.89 Å². The van der Waals surface area contributed by atoms with Crippen molar-refractivity contribution >= 4 is 28.9 Å². The van der Waals surface area contributed by atoms with Crippen LogP contribution < -0.4 is 15.0 Å². The number of anilines is 1. The number of carbonyl (C=O) groups excluding carboxylic acids is 1. The molecule has 1 aliphatic heterocycles. The highest BCUT2D eigenvalue weighted by molar-refractivity contribution is 6.30. The summed E-state index contributed by atoms with van der Waals surface area (Å²) in [6, 6.07) is 19.3. The number of hydrogen-bond donors (Lipinski definition) is 1. The van der Waals surface area contributed by atoms with Crippen LogP contribution in [-0.4, -0.2) is 23.3 Å². The first-order valence-corrected chi connectivity index (χ1v) is 11.1. The third kappa shape index (κ3) is 4.36. The molecule has 35 heavy (non-hydrogen) atoms. The molecule has 3 aromatic carbocycles. The maximum atomic E-state index is 13.4. The van der Waals surface area contributed by atoms with E-state index in [0.717, 1.165) is 5.56 Å². The van der Waals surface area contributed by atoms with E-state index in [0.29, 0.717) is 39.1 Å². The Morgan fingerprint density at radius 2 is 1.71 bits per heavy atom. The van der Waals surface area contributed by atoms with Crippen LogP contribution in [0.4, 0.5) is 14.9 Å². The smallest absolute Gasteiger partial charge is 0.326 e. The lowest BCUT2D eigenvalue weighted by molar-refractivity contribution is 0.244. The van der Waals surface area contributed by atoms with E-state index in [4.69, 9.17) is 20.9 Å². The van der Waals surface area contributed by atoms with Crippen LogP contribution in [0.2, 0.25) is 5.02 Å². The van der Waals surface area contributed by atoms with Crippen LogP contribution in [0.25, 0.3) is 17.0 Å². The van der Waals surface area contributed by atoms with Gasteiger partial charge in [-0.15, -0.1) is 0 Å². The van der Waals surface area contributed by atoms with E-state index in [1.165, 1.54) is 17.0 Å². The summed E-state index contributed by atoms with van der Waals surface area (Å²) >= 11 is 6.05. The number of ether oxygens (including phenoxy) is 1. The molecule has 9 heteroatoms. The Hall–Kier alpha value is -4.17. The van der Waals surface area contributed by atoms with Crippen LogP contribution in [-0.2, 0) is 0 Å². The Morgan fingerprint density at radius 1 is 1.03 bits per heavy atom. The van der Waals surface area contributed by atoms with Gasteiger partial charge in [0.1, 0.15) is 11.6 Å². The quantitative estimate of drug-likeness (QED) is 0.358. The fraction of sp³-hybridized carbons (Fsp3) is 0.115. The van der Waals surface area contributed by atoms with Crippen LogP contribution in [0.5, 0.6) is 5.75 Å². The minimum atomic E-state index is -0.557. The first kappa shape index (κ1) is 22.6. The fourth-order valence-electron chi connectivity index (χ4n) is 4.02. The molecule has 176 valence electrons. The van der Waals surface area contributed by atoms with Crippen molar-refractivity contribution < 1.29 is 18.4 Å². The lowest BCUT2D eigenvalue weighted by Crippen LogP contribution is -2.46. The monoisotopic (exact) mass is 490 g/mol. The number of aromatic nitrogens is 2. The van der Waals surface area contributed by atoms with Crippen molar-refractivity contribution in [1.82, 2.24) is 15.5 Å². The van der Waals surface area contributed by atoms with E-state index >= 15 is 0 Å². The second-order valence-corrected chi connectivity index (χ2v) is 8.33. The van der Waals surface area contributed by atoms with Gasteiger partial charge in [-0.3, -0.25) is 4.90 Å². The van der Waals surface area contributed by atoms with Crippen LogP contribution in [0.3, 0.4) is 0 Å². The van der Waals surface area contributed by atoms with E-state index in [9.17, 15) is 9.18 Å². The van der Waals surface area contributed by atoms with Crippen LogP contribution >= 0.6 is 11.6 Å². The Labute approximate surface area is 205 Å². The Balaban J connectivity index is 1.63. The van der Waals surface area contributed by atoms with Crippen molar-refractivity contribution in [2.45, 2.75) is 13.0 Å². The van der Waals surface area contributed by atoms with Crippen molar-refractivity contribution in [3.05, 3.63) is 101 Å². The third-order valence-corrected chi connectivity index (χ3v) is 6.03. The normalized spacial score (nSPS) is 15.8. The molecule has 0 aliphatic carbocycles. The van der Waals surface area contributed by atoms with Gasteiger partial charge in [0.05, 0.1) is 24.4 Å². The topological polar surface area (TPSA) is 80.5 Å². The van der Waals surface area contributed by atoms with Crippen molar-refractivity contribution in [2.24, 2.45) is 0 Å². The fourth-order valence-corrected chi connectivity index (χ4v) is 4.14. The zero-order valence-electron chi connectivity index (χ0n) is 18.8. The van der Waals surface area contributed by atoms with E-state index in [1.54, 1.807) is 43.5 Å². The van der Waals surface area contributed by atoms with Crippen molar-refractivity contribution in [3.63, 3.8) is 0 Å². The molecule has 1 aromatic heterocycles. The number of carbonyl (C=O) groups is 1. The Bertz CT molecular complexity index is 1400. The van der Waals surface area contributed by atoms with E-state index < -0.39 is 6.04 Å². The molecule has 4 aromatic rings. The molecular formula is C26H20ClFN4O3. The van der Waals surface area contributed by atoms with Crippen LogP contribution in [0, 0.1) is 5.82 Å². The third-order valence-electron chi connectivity index (χ3n) is 5.78.